The fourth-order valence-corrected chi connectivity index (χ4v) is 6.09. The molecule has 0 spiro atoms. The highest BCUT2D eigenvalue weighted by molar-refractivity contribution is 7.93. The monoisotopic (exact) mass is 494 g/mol. The minimum Gasteiger partial charge on any atom is -0.480 e. The van der Waals surface area contributed by atoms with E-state index < -0.39 is 34.0 Å². The molecule has 0 aromatic heterocycles. The van der Waals surface area contributed by atoms with E-state index in [9.17, 15) is 23.1 Å². The summed E-state index contributed by atoms with van der Waals surface area (Å²) in [5.41, 5.74) is 6.07. The van der Waals surface area contributed by atoms with Crippen molar-refractivity contribution in [1.29, 1.82) is 5.41 Å². The SMILES string of the molecule is CC(C(=O)N1CCCC1C(=O)O)N(c1cccc(C(=N)N)c1)S(=O)(=O)c1ccc2ccccc2c1. The summed E-state index contributed by atoms with van der Waals surface area (Å²) in [6.45, 7) is 1.68. The number of nitrogens with one attached hydrogen (secondary N) is 1. The maximum atomic E-state index is 14.0. The lowest BCUT2D eigenvalue weighted by Gasteiger charge is -2.33. The van der Waals surface area contributed by atoms with Gasteiger partial charge in [0.25, 0.3) is 10.0 Å². The third-order valence-electron chi connectivity index (χ3n) is 6.22. The molecular weight excluding hydrogens is 468 g/mol. The van der Waals surface area contributed by atoms with Crippen molar-refractivity contribution in [2.45, 2.75) is 36.7 Å². The van der Waals surface area contributed by atoms with Crippen LogP contribution >= 0.6 is 0 Å². The number of aliphatic carboxylic acids is 1. The highest BCUT2D eigenvalue weighted by Gasteiger charge is 2.41. The Kier molecular flexibility index (Phi) is 6.49. The van der Waals surface area contributed by atoms with Crippen LogP contribution in [0.1, 0.15) is 25.3 Å². The van der Waals surface area contributed by atoms with Crippen LogP contribution in [0, 0.1) is 5.41 Å². The van der Waals surface area contributed by atoms with Gasteiger partial charge in [0, 0.05) is 12.1 Å². The standard InChI is InChI=1S/C25H26N4O5S/c1-16(24(30)28-13-5-10-22(28)25(31)32)29(20-9-4-8-19(14-20)23(26)27)35(33,34)21-12-11-17-6-2-3-7-18(17)15-21/h2-4,6-9,11-12,14-16,22H,5,10,13H2,1H3,(H3,26,27)(H,31,32). The number of carbonyl (C=O) groups is 2. The number of likely N-dealkylation sites (tertiary alicyclic amines) is 1. The van der Waals surface area contributed by atoms with Gasteiger partial charge in [-0.25, -0.2) is 13.2 Å². The number of anilines is 1. The molecule has 4 rings (SSSR count). The second-order valence-corrected chi connectivity index (χ2v) is 10.3. The maximum absolute atomic E-state index is 14.0. The molecule has 182 valence electrons. The average molecular weight is 495 g/mol. The van der Waals surface area contributed by atoms with E-state index in [1.807, 2.05) is 12.1 Å². The van der Waals surface area contributed by atoms with E-state index in [1.165, 1.54) is 30.0 Å². The highest BCUT2D eigenvalue weighted by Crippen LogP contribution is 2.31. The number of hydrogen-bond acceptors (Lipinski definition) is 5. The van der Waals surface area contributed by atoms with Gasteiger partial charge in [-0.2, -0.15) is 0 Å². The molecule has 1 heterocycles. The number of sulfonamides is 1. The van der Waals surface area contributed by atoms with Crippen molar-refractivity contribution >= 4 is 44.2 Å². The Morgan fingerprint density at radius 3 is 2.49 bits per heavy atom. The molecule has 1 saturated heterocycles. The molecule has 1 aliphatic heterocycles. The zero-order valence-corrected chi connectivity index (χ0v) is 19.9. The summed E-state index contributed by atoms with van der Waals surface area (Å²) >= 11 is 0. The molecule has 1 fully saturated rings. The van der Waals surface area contributed by atoms with Gasteiger partial charge < -0.3 is 15.7 Å². The number of fused-ring (bicyclic) bond motifs is 1. The average Bonchev–Trinajstić information content (AvgIpc) is 3.34. The van der Waals surface area contributed by atoms with Crippen molar-refractivity contribution in [3.8, 4) is 0 Å². The lowest BCUT2D eigenvalue weighted by atomic mass is 10.1. The molecule has 0 aliphatic carbocycles. The van der Waals surface area contributed by atoms with E-state index in [4.69, 9.17) is 11.1 Å². The number of rotatable bonds is 7. The van der Waals surface area contributed by atoms with Gasteiger partial charge in [-0.15, -0.1) is 0 Å². The Labute approximate surface area is 203 Å². The Morgan fingerprint density at radius 2 is 1.80 bits per heavy atom. The van der Waals surface area contributed by atoms with Crippen LogP contribution in [0.3, 0.4) is 0 Å². The first kappa shape index (κ1) is 24.2. The molecule has 0 radical (unpaired) electrons. The van der Waals surface area contributed by atoms with Crippen molar-refractivity contribution < 1.29 is 23.1 Å². The summed E-state index contributed by atoms with van der Waals surface area (Å²) in [7, 11) is -4.27. The van der Waals surface area contributed by atoms with Crippen LogP contribution in [-0.4, -0.2) is 54.8 Å². The van der Waals surface area contributed by atoms with E-state index in [1.54, 1.807) is 36.4 Å². The van der Waals surface area contributed by atoms with Gasteiger partial charge in [0.1, 0.15) is 17.9 Å². The number of nitrogens with two attached hydrogens (primary N) is 1. The number of carbonyl (C=O) groups excluding carboxylic acids is 1. The molecule has 2 unspecified atom stereocenters. The number of carboxylic acid groups (broad SMARTS) is 1. The van der Waals surface area contributed by atoms with Crippen LogP contribution in [0.25, 0.3) is 10.8 Å². The van der Waals surface area contributed by atoms with Gasteiger partial charge in [-0.1, -0.05) is 42.5 Å². The number of amides is 1. The second kappa shape index (κ2) is 9.38. The van der Waals surface area contributed by atoms with Gasteiger partial charge in [0.2, 0.25) is 5.91 Å². The molecule has 9 nitrogen and oxygen atoms in total. The summed E-state index contributed by atoms with van der Waals surface area (Å²) < 4.78 is 29.0. The van der Waals surface area contributed by atoms with Gasteiger partial charge in [-0.3, -0.25) is 14.5 Å². The first-order chi connectivity index (χ1) is 16.6. The first-order valence-electron chi connectivity index (χ1n) is 11.1. The number of carboxylic acids is 1. The summed E-state index contributed by atoms with van der Waals surface area (Å²) in [4.78, 5) is 26.4. The zero-order chi connectivity index (χ0) is 25.3. The van der Waals surface area contributed by atoms with Crippen molar-refractivity contribution in [2.75, 3.05) is 10.8 Å². The zero-order valence-electron chi connectivity index (χ0n) is 19.1. The predicted octanol–water partition coefficient (Wildman–Crippen LogP) is 2.78. The van der Waals surface area contributed by atoms with Crippen LogP contribution < -0.4 is 10.0 Å². The van der Waals surface area contributed by atoms with Crippen LogP contribution in [0.5, 0.6) is 0 Å². The molecule has 1 amide bonds. The lowest BCUT2D eigenvalue weighted by molar-refractivity contribution is -0.148. The Balaban J connectivity index is 1.83. The number of hydrogen-bond donors (Lipinski definition) is 3. The molecule has 0 bridgehead atoms. The van der Waals surface area contributed by atoms with Crippen molar-refractivity contribution in [1.82, 2.24) is 4.90 Å². The van der Waals surface area contributed by atoms with Crippen LogP contribution in [0.4, 0.5) is 5.69 Å². The van der Waals surface area contributed by atoms with Crippen molar-refractivity contribution in [3.63, 3.8) is 0 Å². The van der Waals surface area contributed by atoms with E-state index in [0.717, 1.165) is 15.1 Å². The Bertz CT molecular complexity index is 1420. The van der Waals surface area contributed by atoms with Gasteiger partial charge in [0.05, 0.1) is 10.6 Å². The van der Waals surface area contributed by atoms with E-state index in [0.29, 0.717) is 18.4 Å². The Hall–Kier alpha value is -3.92. The molecule has 0 saturated carbocycles. The van der Waals surface area contributed by atoms with Crippen molar-refractivity contribution in [2.24, 2.45) is 5.73 Å². The minimum atomic E-state index is -4.27. The molecule has 1 aliphatic rings. The van der Waals surface area contributed by atoms with Gasteiger partial charge in [-0.05, 0) is 54.8 Å². The van der Waals surface area contributed by atoms with E-state index >= 15 is 0 Å². The maximum Gasteiger partial charge on any atom is 0.326 e. The van der Waals surface area contributed by atoms with Crippen LogP contribution in [-0.2, 0) is 19.6 Å². The third kappa shape index (κ3) is 4.57. The number of amidine groups is 1. The molecule has 3 aromatic carbocycles. The topological polar surface area (TPSA) is 145 Å². The second-order valence-electron chi connectivity index (χ2n) is 8.48. The lowest BCUT2D eigenvalue weighted by Crippen LogP contribution is -2.52. The molecule has 4 N–H and O–H groups in total. The molecule has 2 atom stereocenters. The first-order valence-corrected chi connectivity index (χ1v) is 12.6. The molecular formula is C25H26N4O5S. The summed E-state index contributed by atoms with van der Waals surface area (Å²) in [5, 5.41) is 18.9. The predicted molar refractivity (Wildman–Crippen MR) is 133 cm³/mol. The normalized spacial score (nSPS) is 16.7. The van der Waals surface area contributed by atoms with Crippen LogP contribution in [0.2, 0.25) is 0 Å². The number of nitrogen functional groups attached to an aromatic ring is 1. The smallest absolute Gasteiger partial charge is 0.326 e. The number of nitrogens with zero attached hydrogens (tertiary/aromatic N) is 2. The third-order valence-corrected chi connectivity index (χ3v) is 8.11. The molecule has 35 heavy (non-hydrogen) atoms. The number of benzene rings is 3. The van der Waals surface area contributed by atoms with Crippen LogP contribution in [0.15, 0.2) is 71.6 Å². The highest BCUT2D eigenvalue weighted by atomic mass is 32.2. The van der Waals surface area contributed by atoms with Gasteiger partial charge >= 0.3 is 5.97 Å². The summed E-state index contributed by atoms with van der Waals surface area (Å²) in [6, 6.07) is 15.9. The van der Waals surface area contributed by atoms with E-state index in [2.05, 4.69) is 0 Å². The van der Waals surface area contributed by atoms with Gasteiger partial charge in [0.15, 0.2) is 0 Å². The largest absolute Gasteiger partial charge is 0.480 e. The minimum absolute atomic E-state index is 0.0136. The Morgan fingerprint density at radius 1 is 1.09 bits per heavy atom. The van der Waals surface area contributed by atoms with E-state index in [-0.39, 0.29) is 23.0 Å². The molecule has 3 aromatic rings. The van der Waals surface area contributed by atoms with Crippen molar-refractivity contribution in [3.05, 3.63) is 72.3 Å². The summed E-state index contributed by atoms with van der Waals surface area (Å²) in [5.74, 6) is -1.97. The fraction of sp³-hybridized carbons (Fsp3) is 0.240. The fourth-order valence-electron chi connectivity index (χ4n) is 4.45. The summed E-state index contributed by atoms with van der Waals surface area (Å²) in [6.07, 6.45) is 0.831. The quantitative estimate of drug-likeness (QED) is 0.340. The molecule has 10 heteroatoms.